The average molecular weight is 291 g/mol. The van der Waals surface area contributed by atoms with Gasteiger partial charge in [0.25, 0.3) is 0 Å². The lowest BCUT2D eigenvalue weighted by Crippen LogP contribution is -2.39. The van der Waals surface area contributed by atoms with E-state index in [1.54, 1.807) is 11.3 Å². The van der Waals surface area contributed by atoms with Gasteiger partial charge in [-0.05, 0) is 13.5 Å². The molecule has 1 aromatic rings. The van der Waals surface area contributed by atoms with Gasteiger partial charge < -0.3 is 10.2 Å². The molecule has 2 aliphatic rings. The van der Waals surface area contributed by atoms with E-state index in [0.29, 0.717) is 13.1 Å². The summed E-state index contributed by atoms with van der Waals surface area (Å²) >= 11 is 1.55. The summed E-state index contributed by atoms with van der Waals surface area (Å²) in [6, 6.07) is -0.291. The number of aromatic nitrogens is 1. The molecule has 0 saturated carbocycles. The Bertz CT molecular complexity index is 565. The highest BCUT2D eigenvalue weighted by atomic mass is 32.1. The van der Waals surface area contributed by atoms with Crippen LogP contribution < -0.4 is 5.32 Å². The van der Waals surface area contributed by atoms with Crippen molar-refractivity contribution in [2.75, 3.05) is 26.7 Å². The lowest BCUT2D eigenvalue weighted by Gasteiger charge is -2.24. The maximum atomic E-state index is 12.7. The smallest absolute Gasteiger partial charge is 0.245 e. The standard InChI is InChI=1S/C13H17N5OS/c1-14-11-12-10(15-8-20-12)4-6-18(13(11)19)7-9-3-2-5-16-17-9/h3,8,11,14H,2,4-7H2,1H3. The molecular formula is C13H17N5OS. The first-order chi connectivity index (χ1) is 9.79. The van der Waals surface area contributed by atoms with Gasteiger partial charge in [0.05, 0.1) is 34.9 Å². The number of fused-ring (bicyclic) bond motifs is 1. The number of carbonyl (C=O) groups excluding carboxylic acids is 1. The van der Waals surface area contributed by atoms with Crippen molar-refractivity contribution in [3.63, 3.8) is 0 Å². The van der Waals surface area contributed by atoms with E-state index < -0.39 is 0 Å². The van der Waals surface area contributed by atoms with Crippen LogP contribution in [-0.2, 0) is 11.2 Å². The number of thiazole rings is 1. The number of amides is 1. The van der Waals surface area contributed by atoms with Crippen LogP contribution in [0.3, 0.4) is 0 Å². The molecular weight excluding hydrogens is 274 g/mol. The molecule has 0 aromatic carbocycles. The van der Waals surface area contributed by atoms with E-state index in [4.69, 9.17) is 0 Å². The molecule has 2 aliphatic heterocycles. The summed E-state index contributed by atoms with van der Waals surface area (Å²) < 4.78 is 0. The molecule has 1 aromatic heterocycles. The summed E-state index contributed by atoms with van der Waals surface area (Å²) in [5.74, 6) is 0.0946. The van der Waals surface area contributed by atoms with Crippen molar-refractivity contribution >= 4 is 17.2 Å². The second-order valence-corrected chi connectivity index (χ2v) is 5.73. The predicted molar refractivity (Wildman–Crippen MR) is 76.6 cm³/mol. The lowest BCUT2D eigenvalue weighted by molar-refractivity contribution is -0.132. The maximum Gasteiger partial charge on any atom is 0.245 e. The van der Waals surface area contributed by atoms with Crippen LogP contribution in [0.5, 0.6) is 0 Å². The normalized spacial score (nSPS) is 22.4. The van der Waals surface area contributed by atoms with Crippen LogP contribution >= 0.6 is 11.3 Å². The number of hydrogen-bond donors (Lipinski definition) is 1. The Balaban J connectivity index is 1.80. The molecule has 1 N–H and O–H groups in total. The molecule has 6 nitrogen and oxygen atoms in total. The fourth-order valence-corrected chi connectivity index (χ4v) is 3.46. The van der Waals surface area contributed by atoms with Crippen molar-refractivity contribution in [3.8, 4) is 0 Å². The van der Waals surface area contributed by atoms with E-state index in [2.05, 4.69) is 26.6 Å². The van der Waals surface area contributed by atoms with Gasteiger partial charge in [-0.15, -0.1) is 11.3 Å². The lowest BCUT2D eigenvalue weighted by atomic mass is 10.2. The molecule has 0 spiro atoms. The molecule has 3 heterocycles. The molecule has 1 unspecified atom stereocenters. The third-order valence-corrected chi connectivity index (χ3v) is 4.50. The van der Waals surface area contributed by atoms with Gasteiger partial charge in [-0.3, -0.25) is 4.79 Å². The number of nitrogens with one attached hydrogen (secondary N) is 1. The summed E-state index contributed by atoms with van der Waals surface area (Å²) in [4.78, 5) is 19.9. The van der Waals surface area contributed by atoms with Crippen LogP contribution in [0.2, 0.25) is 0 Å². The number of rotatable bonds is 3. The largest absolute Gasteiger partial charge is 0.335 e. The minimum Gasteiger partial charge on any atom is -0.335 e. The second-order valence-electron chi connectivity index (χ2n) is 4.84. The van der Waals surface area contributed by atoms with Gasteiger partial charge in [-0.25, -0.2) is 4.98 Å². The Kier molecular flexibility index (Phi) is 3.88. The molecule has 1 atom stereocenters. The van der Waals surface area contributed by atoms with E-state index >= 15 is 0 Å². The van der Waals surface area contributed by atoms with E-state index in [1.807, 2.05) is 17.5 Å². The Hall–Kier alpha value is -1.60. The van der Waals surface area contributed by atoms with Gasteiger partial charge in [-0.2, -0.15) is 10.2 Å². The third-order valence-electron chi connectivity index (χ3n) is 3.56. The minimum atomic E-state index is -0.291. The molecule has 20 heavy (non-hydrogen) atoms. The molecule has 7 heteroatoms. The van der Waals surface area contributed by atoms with Crippen molar-refractivity contribution in [1.82, 2.24) is 15.2 Å². The zero-order valence-corrected chi connectivity index (χ0v) is 12.2. The molecule has 106 valence electrons. The molecule has 1 amide bonds. The van der Waals surface area contributed by atoms with Gasteiger partial charge in [0.1, 0.15) is 6.04 Å². The van der Waals surface area contributed by atoms with Crippen LogP contribution in [-0.4, -0.2) is 42.5 Å². The number of likely N-dealkylation sites (N-methyl/N-ethyl adjacent to an activating group) is 1. The van der Waals surface area contributed by atoms with Gasteiger partial charge in [0.15, 0.2) is 0 Å². The minimum absolute atomic E-state index is 0.0946. The Labute approximate surface area is 121 Å². The van der Waals surface area contributed by atoms with Crippen molar-refractivity contribution in [2.24, 2.45) is 10.2 Å². The maximum absolute atomic E-state index is 12.7. The monoisotopic (exact) mass is 291 g/mol. The predicted octanol–water partition coefficient (Wildman–Crippen LogP) is 1.53. The SMILES string of the molecule is CNC1C(=O)N(CC2=CCCN=N2)CCc2ncsc21. The highest BCUT2D eigenvalue weighted by molar-refractivity contribution is 7.10. The summed E-state index contributed by atoms with van der Waals surface area (Å²) in [5, 5.41) is 11.3. The number of azo groups is 1. The molecule has 0 fully saturated rings. The van der Waals surface area contributed by atoms with Gasteiger partial charge >= 0.3 is 0 Å². The quantitative estimate of drug-likeness (QED) is 0.918. The van der Waals surface area contributed by atoms with E-state index in [0.717, 1.165) is 35.7 Å². The van der Waals surface area contributed by atoms with Gasteiger partial charge in [-0.1, -0.05) is 6.08 Å². The number of nitrogens with zero attached hydrogens (tertiary/aromatic N) is 4. The van der Waals surface area contributed by atoms with Crippen molar-refractivity contribution in [2.45, 2.75) is 18.9 Å². The molecule has 0 radical (unpaired) electrons. The summed E-state index contributed by atoms with van der Waals surface area (Å²) in [5.41, 5.74) is 3.73. The summed E-state index contributed by atoms with van der Waals surface area (Å²) in [6.45, 7) is 1.97. The Morgan fingerprint density at radius 1 is 1.55 bits per heavy atom. The van der Waals surface area contributed by atoms with Gasteiger partial charge in [0.2, 0.25) is 5.91 Å². The van der Waals surface area contributed by atoms with E-state index in [-0.39, 0.29) is 11.9 Å². The van der Waals surface area contributed by atoms with Crippen molar-refractivity contribution in [1.29, 1.82) is 0 Å². The zero-order chi connectivity index (χ0) is 13.9. The summed E-state index contributed by atoms with van der Waals surface area (Å²) in [6.07, 6.45) is 3.77. The first kappa shape index (κ1) is 13.4. The zero-order valence-electron chi connectivity index (χ0n) is 11.4. The molecule has 0 bridgehead atoms. The highest BCUT2D eigenvalue weighted by Crippen LogP contribution is 2.28. The first-order valence-electron chi connectivity index (χ1n) is 6.74. The van der Waals surface area contributed by atoms with Crippen LogP contribution in [0.4, 0.5) is 0 Å². The third kappa shape index (κ3) is 2.51. The van der Waals surface area contributed by atoms with Crippen LogP contribution in [0.15, 0.2) is 27.5 Å². The van der Waals surface area contributed by atoms with E-state index in [1.165, 1.54) is 0 Å². The van der Waals surface area contributed by atoms with E-state index in [9.17, 15) is 4.79 Å². The summed E-state index contributed by atoms with van der Waals surface area (Å²) in [7, 11) is 1.81. The fraction of sp³-hybridized carbons (Fsp3) is 0.538. The van der Waals surface area contributed by atoms with Crippen molar-refractivity contribution in [3.05, 3.63) is 27.9 Å². The van der Waals surface area contributed by atoms with Crippen LogP contribution in [0.25, 0.3) is 0 Å². The average Bonchev–Trinajstić information content (AvgIpc) is 2.89. The van der Waals surface area contributed by atoms with Crippen LogP contribution in [0, 0.1) is 0 Å². The number of hydrogen-bond acceptors (Lipinski definition) is 6. The molecule has 0 aliphatic carbocycles. The number of carbonyl (C=O) groups is 1. The van der Waals surface area contributed by atoms with Gasteiger partial charge in [0, 0.05) is 13.0 Å². The Morgan fingerprint density at radius 3 is 3.20 bits per heavy atom. The van der Waals surface area contributed by atoms with Crippen molar-refractivity contribution < 1.29 is 4.79 Å². The highest BCUT2D eigenvalue weighted by Gasteiger charge is 2.31. The molecule has 3 rings (SSSR count). The Morgan fingerprint density at radius 2 is 2.45 bits per heavy atom. The molecule has 0 saturated heterocycles. The van der Waals surface area contributed by atoms with Crippen LogP contribution in [0.1, 0.15) is 23.0 Å². The topological polar surface area (TPSA) is 70.0 Å². The second kappa shape index (κ2) is 5.80. The first-order valence-corrected chi connectivity index (χ1v) is 7.62. The fourth-order valence-electron chi connectivity index (χ4n) is 2.52.